The van der Waals surface area contributed by atoms with Crippen LogP contribution in [0.1, 0.15) is 25.7 Å². The Morgan fingerprint density at radius 2 is 2.14 bits per heavy atom. The fraction of sp³-hybridized carbons (Fsp3) is 0.600. The Kier molecular flexibility index (Phi) is 4.16. The number of carbonyl (C=O) groups is 2. The molecule has 4 heteroatoms. The second-order valence-corrected chi connectivity index (χ2v) is 3.46. The highest BCUT2D eigenvalue weighted by Gasteiger charge is 2.19. The molecule has 1 aliphatic rings. The van der Waals surface area contributed by atoms with Gasteiger partial charge in [0, 0.05) is 25.4 Å². The molecule has 0 aromatic carbocycles. The Morgan fingerprint density at radius 3 is 2.71 bits per heavy atom. The first-order valence-corrected chi connectivity index (χ1v) is 4.89. The van der Waals surface area contributed by atoms with Crippen LogP contribution in [0.4, 0.5) is 4.79 Å². The van der Waals surface area contributed by atoms with Crippen molar-refractivity contribution in [1.82, 2.24) is 10.6 Å². The molecule has 0 aromatic rings. The van der Waals surface area contributed by atoms with Gasteiger partial charge in [0.2, 0.25) is 0 Å². The van der Waals surface area contributed by atoms with Crippen LogP contribution in [-0.4, -0.2) is 24.4 Å². The minimum Gasteiger partial charge on any atom is -0.335 e. The molecule has 4 nitrogen and oxygen atoms in total. The van der Waals surface area contributed by atoms with Crippen molar-refractivity contribution in [2.24, 2.45) is 0 Å². The third-order valence-electron chi connectivity index (χ3n) is 2.29. The van der Waals surface area contributed by atoms with E-state index in [2.05, 4.69) is 17.2 Å². The van der Waals surface area contributed by atoms with E-state index in [0.29, 0.717) is 25.2 Å². The van der Waals surface area contributed by atoms with Crippen molar-refractivity contribution in [3.05, 3.63) is 12.7 Å². The van der Waals surface area contributed by atoms with Gasteiger partial charge < -0.3 is 10.6 Å². The molecule has 14 heavy (non-hydrogen) atoms. The lowest BCUT2D eigenvalue weighted by atomic mass is 9.94. The lowest BCUT2D eigenvalue weighted by Gasteiger charge is -2.22. The smallest absolute Gasteiger partial charge is 0.315 e. The molecule has 1 fully saturated rings. The molecule has 0 radical (unpaired) electrons. The van der Waals surface area contributed by atoms with Gasteiger partial charge >= 0.3 is 6.03 Å². The Hall–Kier alpha value is -1.32. The predicted octanol–water partition coefficient (Wildman–Crippen LogP) is 0.983. The molecule has 0 unspecified atom stereocenters. The number of ketones is 1. The molecule has 1 saturated carbocycles. The summed E-state index contributed by atoms with van der Waals surface area (Å²) in [6.45, 7) is 3.97. The third-order valence-corrected chi connectivity index (χ3v) is 2.29. The topological polar surface area (TPSA) is 58.2 Å². The van der Waals surface area contributed by atoms with Gasteiger partial charge in [0.25, 0.3) is 0 Å². The normalized spacial score (nSPS) is 17.6. The summed E-state index contributed by atoms with van der Waals surface area (Å²) >= 11 is 0. The molecule has 78 valence electrons. The predicted molar refractivity (Wildman–Crippen MR) is 54.0 cm³/mol. The molecule has 2 amide bonds. The van der Waals surface area contributed by atoms with Crippen LogP contribution in [0.15, 0.2) is 12.7 Å². The molecular formula is C10H16N2O2. The number of hydrogen-bond donors (Lipinski definition) is 2. The number of rotatable bonds is 3. The summed E-state index contributed by atoms with van der Waals surface area (Å²) in [5.41, 5.74) is 0. The third kappa shape index (κ3) is 3.60. The number of urea groups is 1. The Labute approximate surface area is 83.8 Å². The zero-order chi connectivity index (χ0) is 10.4. The maximum absolute atomic E-state index is 11.2. The minimum atomic E-state index is -0.177. The van der Waals surface area contributed by atoms with E-state index in [1.807, 2.05) is 0 Å². The molecule has 0 saturated heterocycles. The first-order chi connectivity index (χ1) is 6.72. The second-order valence-electron chi connectivity index (χ2n) is 3.46. The number of nitrogens with one attached hydrogen (secondary N) is 2. The van der Waals surface area contributed by atoms with Crippen molar-refractivity contribution < 1.29 is 9.59 Å². The van der Waals surface area contributed by atoms with E-state index in [1.165, 1.54) is 0 Å². The molecular weight excluding hydrogens is 180 g/mol. The first-order valence-electron chi connectivity index (χ1n) is 4.89. The van der Waals surface area contributed by atoms with Crippen molar-refractivity contribution in [2.45, 2.75) is 31.7 Å². The van der Waals surface area contributed by atoms with E-state index < -0.39 is 0 Å². The Morgan fingerprint density at radius 1 is 1.50 bits per heavy atom. The van der Waals surface area contributed by atoms with E-state index in [4.69, 9.17) is 0 Å². The van der Waals surface area contributed by atoms with Gasteiger partial charge in [-0.25, -0.2) is 4.79 Å². The van der Waals surface area contributed by atoms with Crippen LogP contribution >= 0.6 is 0 Å². The van der Waals surface area contributed by atoms with E-state index in [-0.39, 0.29) is 12.1 Å². The van der Waals surface area contributed by atoms with Crippen LogP contribution in [0.5, 0.6) is 0 Å². The van der Waals surface area contributed by atoms with Crippen molar-refractivity contribution in [3.63, 3.8) is 0 Å². The van der Waals surface area contributed by atoms with Gasteiger partial charge in [-0.2, -0.15) is 0 Å². The lowest BCUT2D eigenvalue weighted by Crippen LogP contribution is -2.43. The van der Waals surface area contributed by atoms with Crippen LogP contribution in [0.25, 0.3) is 0 Å². The van der Waals surface area contributed by atoms with Crippen molar-refractivity contribution in [3.8, 4) is 0 Å². The summed E-state index contributed by atoms with van der Waals surface area (Å²) in [6, 6.07) is -0.0261. The molecule has 0 heterocycles. The Bertz CT molecular complexity index is 228. The molecule has 0 spiro atoms. The monoisotopic (exact) mass is 196 g/mol. The summed E-state index contributed by atoms with van der Waals surface area (Å²) < 4.78 is 0. The molecule has 0 aliphatic heterocycles. The standard InChI is InChI=1S/C10H16N2O2/c1-2-7-11-10(14)12-8-3-5-9(13)6-4-8/h2,8H,1,3-7H2,(H2,11,12,14). The number of Topliss-reactive ketones (excluding diaryl/α,β-unsaturated/α-hetero) is 1. The van der Waals surface area contributed by atoms with E-state index in [0.717, 1.165) is 12.8 Å². The van der Waals surface area contributed by atoms with E-state index in [9.17, 15) is 9.59 Å². The molecule has 1 rings (SSSR count). The fourth-order valence-electron chi connectivity index (χ4n) is 1.49. The van der Waals surface area contributed by atoms with Crippen LogP contribution in [0.3, 0.4) is 0 Å². The highest BCUT2D eigenvalue weighted by Crippen LogP contribution is 2.14. The number of amides is 2. The summed E-state index contributed by atoms with van der Waals surface area (Å²) in [5.74, 6) is 0.301. The average molecular weight is 196 g/mol. The van der Waals surface area contributed by atoms with Gasteiger partial charge in [-0.15, -0.1) is 6.58 Å². The summed E-state index contributed by atoms with van der Waals surface area (Å²) in [5, 5.41) is 5.46. The van der Waals surface area contributed by atoms with Crippen LogP contribution in [-0.2, 0) is 4.79 Å². The SMILES string of the molecule is C=CCNC(=O)NC1CCC(=O)CC1. The Balaban J connectivity index is 2.20. The summed E-state index contributed by atoms with van der Waals surface area (Å²) in [6.07, 6.45) is 4.34. The van der Waals surface area contributed by atoms with Gasteiger partial charge in [0.1, 0.15) is 5.78 Å². The zero-order valence-corrected chi connectivity index (χ0v) is 8.21. The summed E-state index contributed by atoms with van der Waals surface area (Å²) in [7, 11) is 0. The lowest BCUT2D eigenvalue weighted by molar-refractivity contribution is -0.120. The molecule has 0 aromatic heterocycles. The highest BCUT2D eigenvalue weighted by atomic mass is 16.2. The van der Waals surface area contributed by atoms with E-state index in [1.54, 1.807) is 6.08 Å². The fourth-order valence-corrected chi connectivity index (χ4v) is 1.49. The largest absolute Gasteiger partial charge is 0.335 e. The summed E-state index contributed by atoms with van der Waals surface area (Å²) in [4.78, 5) is 22.1. The quantitative estimate of drug-likeness (QED) is 0.661. The average Bonchev–Trinajstić information content (AvgIpc) is 2.18. The van der Waals surface area contributed by atoms with Gasteiger partial charge in [0.05, 0.1) is 0 Å². The second kappa shape index (κ2) is 5.42. The molecule has 0 bridgehead atoms. The zero-order valence-electron chi connectivity index (χ0n) is 8.21. The first kappa shape index (κ1) is 10.8. The number of carbonyl (C=O) groups excluding carboxylic acids is 2. The molecule has 0 atom stereocenters. The van der Waals surface area contributed by atoms with Gasteiger partial charge in [0.15, 0.2) is 0 Å². The van der Waals surface area contributed by atoms with Crippen molar-refractivity contribution in [1.29, 1.82) is 0 Å². The van der Waals surface area contributed by atoms with Crippen LogP contribution in [0, 0.1) is 0 Å². The molecule has 1 aliphatic carbocycles. The van der Waals surface area contributed by atoms with Gasteiger partial charge in [-0.05, 0) is 12.8 Å². The van der Waals surface area contributed by atoms with Crippen LogP contribution < -0.4 is 10.6 Å². The highest BCUT2D eigenvalue weighted by molar-refractivity contribution is 5.80. The van der Waals surface area contributed by atoms with Gasteiger partial charge in [-0.3, -0.25) is 4.79 Å². The maximum Gasteiger partial charge on any atom is 0.315 e. The van der Waals surface area contributed by atoms with Crippen molar-refractivity contribution in [2.75, 3.05) is 6.54 Å². The van der Waals surface area contributed by atoms with Crippen LogP contribution in [0.2, 0.25) is 0 Å². The number of hydrogen-bond acceptors (Lipinski definition) is 2. The van der Waals surface area contributed by atoms with E-state index >= 15 is 0 Å². The molecule has 2 N–H and O–H groups in total. The van der Waals surface area contributed by atoms with Gasteiger partial charge in [-0.1, -0.05) is 6.08 Å². The maximum atomic E-state index is 11.2. The van der Waals surface area contributed by atoms with Crippen molar-refractivity contribution >= 4 is 11.8 Å². The minimum absolute atomic E-state index is 0.150.